The van der Waals surface area contributed by atoms with Crippen molar-refractivity contribution in [1.82, 2.24) is 4.31 Å². The number of unbranched alkanes of at least 4 members (excludes halogenated alkanes) is 1. The van der Waals surface area contributed by atoms with E-state index in [2.05, 4.69) is 0 Å². The molecule has 1 aliphatic rings. The zero-order chi connectivity index (χ0) is 13.1. The van der Waals surface area contributed by atoms with Crippen LogP contribution >= 0.6 is 0 Å². The molecule has 2 atom stereocenters. The molecule has 5 nitrogen and oxygen atoms in total. The number of carboxylic acid groups (broad SMARTS) is 1. The molecule has 0 aliphatic heterocycles. The summed E-state index contributed by atoms with van der Waals surface area (Å²) in [5.41, 5.74) is 0. The fourth-order valence-electron chi connectivity index (χ4n) is 2.30. The summed E-state index contributed by atoms with van der Waals surface area (Å²) in [7, 11) is -1.91. The highest BCUT2D eigenvalue weighted by Crippen LogP contribution is 2.32. The molecule has 0 saturated heterocycles. The normalized spacial score (nSPS) is 25.4. The number of hydrogen-bond acceptors (Lipinski definition) is 3. The molecule has 0 spiro atoms. The Morgan fingerprint density at radius 3 is 2.59 bits per heavy atom. The molecule has 0 radical (unpaired) electrons. The van der Waals surface area contributed by atoms with Crippen LogP contribution < -0.4 is 0 Å². The monoisotopic (exact) mass is 263 g/mol. The second kappa shape index (κ2) is 5.82. The fourth-order valence-corrected chi connectivity index (χ4v) is 4.28. The van der Waals surface area contributed by atoms with Crippen molar-refractivity contribution in [3.05, 3.63) is 0 Å². The van der Waals surface area contributed by atoms with Crippen LogP contribution in [0.4, 0.5) is 0 Å². The quantitative estimate of drug-likeness (QED) is 0.784. The Kier molecular flexibility index (Phi) is 4.94. The molecule has 2 unspecified atom stereocenters. The van der Waals surface area contributed by atoms with Crippen LogP contribution in [-0.4, -0.2) is 42.6 Å². The molecule has 1 rings (SSSR count). The average Bonchev–Trinajstić information content (AvgIpc) is 2.75. The van der Waals surface area contributed by atoms with Gasteiger partial charge < -0.3 is 5.11 Å². The van der Waals surface area contributed by atoms with Gasteiger partial charge in [0.1, 0.15) is 0 Å². The minimum absolute atomic E-state index is 0.468. The molecule has 1 N–H and O–H groups in total. The zero-order valence-corrected chi connectivity index (χ0v) is 11.2. The summed E-state index contributed by atoms with van der Waals surface area (Å²) in [6.07, 6.45) is 3.35. The number of nitrogens with zero attached hydrogens (tertiary/aromatic N) is 1. The van der Waals surface area contributed by atoms with Crippen molar-refractivity contribution in [2.75, 3.05) is 13.6 Å². The summed E-state index contributed by atoms with van der Waals surface area (Å²) in [5.74, 6) is -1.72. The van der Waals surface area contributed by atoms with E-state index >= 15 is 0 Å². The average molecular weight is 263 g/mol. The van der Waals surface area contributed by atoms with Crippen LogP contribution in [0.15, 0.2) is 0 Å². The van der Waals surface area contributed by atoms with Crippen molar-refractivity contribution in [3.63, 3.8) is 0 Å². The predicted molar refractivity (Wildman–Crippen MR) is 65.2 cm³/mol. The minimum atomic E-state index is -3.45. The van der Waals surface area contributed by atoms with E-state index in [-0.39, 0.29) is 0 Å². The second-order valence-corrected chi connectivity index (χ2v) is 6.89. The fraction of sp³-hybridized carbons (Fsp3) is 0.909. The molecule has 0 amide bonds. The van der Waals surface area contributed by atoms with Crippen LogP contribution in [0.25, 0.3) is 0 Å². The molecule has 100 valence electrons. The van der Waals surface area contributed by atoms with E-state index in [0.717, 1.165) is 12.8 Å². The van der Waals surface area contributed by atoms with E-state index in [1.807, 2.05) is 6.92 Å². The molecular formula is C11H21NO4S. The highest BCUT2D eigenvalue weighted by molar-refractivity contribution is 7.89. The van der Waals surface area contributed by atoms with Crippen molar-refractivity contribution in [1.29, 1.82) is 0 Å². The number of aliphatic carboxylic acids is 1. The highest BCUT2D eigenvalue weighted by Gasteiger charge is 2.43. The van der Waals surface area contributed by atoms with Gasteiger partial charge in [0, 0.05) is 13.6 Å². The lowest BCUT2D eigenvalue weighted by Gasteiger charge is -2.23. The van der Waals surface area contributed by atoms with Gasteiger partial charge in [-0.1, -0.05) is 19.8 Å². The van der Waals surface area contributed by atoms with E-state index in [1.54, 1.807) is 7.05 Å². The first kappa shape index (κ1) is 14.4. The molecule has 6 heteroatoms. The third-order valence-electron chi connectivity index (χ3n) is 3.41. The number of hydrogen-bond donors (Lipinski definition) is 1. The van der Waals surface area contributed by atoms with Crippen molar-refractivity contribution in [3.8, 4) is 0 Å². The summed E-state index contributed by atoms with van der Waals surface area (Å²) in [5, 5.41) is 8.29. The van der Waals surface area contributed by atoms with Crippen LogP contribution in [0.2, 0.25) is 0 Å². The summed E-state index contributed by atoms with van der Waals surface area (Å²) in [6.45, 7) is 2.47. The van der Waals surface area contributed by atoms with E-state index in [9.17, 15) is 13.2 Å². The second-order valence-electron chi connectivity index (χ2n) is 4.63. The largest absolute Gasteiger partial charge is 0.481 e. The first-order valence-corrected chi connectivity index (χ1v) is 7.59. The van der Waals surface area contributed by atoms with E-state index in [0.29, 0.717) is 25.8 Å². The van der Waals surface area contributed by atoms with Gasteiger partial charge in [-0.3, -0.25) is 4.79 Å². The first-order valence-electron chi connectivity index (χ1n) is 6.09. The third-order valence-corrected chi connectivity index (χ3v) is 5.79. The summed E-state index contributed by atoms with van der Waals surface area (Å²) < 4.78 is 25.8. The lowest BCUT2D eigenvalue weighted by atomic mass is 10.1. The molecule has 1 saturated carbocycles. The maximum atomic E-state index is 12.2. The smallest absolute Gasteiger partial charge is 0.307 e. The molecule has 17 heavy (non-hydrogen) atoms. The van der Waals surface area contributed by atoms with Crippen molar-refractivity contribution in [2.45, 2.75) is 44.3 Å². The van der Waals surface area contributed by atoms with Gasteiger partial charge in [-0.15, -0.1) is 0 Å². The van der Waals surface area contributed by atoms with Gasteiger partial charge in [0.25, 0.3) is 0 Å². The van der Waals surface area contributed by atoms with Crippen molar-refractivity contribution < 1.29 is 18.3 Å². The molecule has 0 heterocycles. The van der Waals surface area contributed by atoms with Gasteiger partial charge >= 0.3 is 5.97 Å². The van der Waals surface area contributed by atoms with E-state index < -0.39 is 27.2 Å². The number of carbonyl (C=O) groups is 1. The molecule has 0 aromatic heterocycles. The summed E-state index contributed by atoms with van der Waals surface area (Å²) >= 11 is 0. The van der Waals surface area contributed by atoms with E-state index in [1.165, 1.54) is 4.31 Å². The Morgan fingerprint density at radius 1 is 1.41 bits per heavy atom. The van der Waals surface area contributed by atoms with Gasteiger partial charge in [0.15, 0.2) is 0 Å². The Bertz CT molecular complexity index is 366. The minimum Gasteiger partial charge on any atom is -0.481 e. The van der Waals surface area contributed by atoms with Gasteiger partial charge in [-0.05, 0) is 19.3 Å². The SMILES string of the molecule is CCCCN(C)S(=O)(=O)C1CCCC1C(=O)O. The molecule has 1 fully saturated rings. The Hall–Kier alpha value is -0.620. The molecule has 0 aromatic carbocycles. The van der Waals surface area contributed by atoms with Crippen LogP contribution in [0, 0.1) is 5.92 Å². The van der Waals surface area contributed by atoms with E-state index in [4.69, 9.17) is 5.11 Å². The van der Waals surface area contributed by atoms with Gasteiger partial charge in [-0.25, -0.2) is 12.7 Å². The Labute approximate surface area is 103 Å². The molecular weight excluding hydrogens is 242 g/mol. The molecule has 1 aliphatic carbocycles. The number of carboxylic acids is 1. The van der Waals surface area contributed by atoms with Gasteiger partial charge in [0.2, 0.25) is 10.0 Å². The van der Waals surface area contributed by atoms with Crippen LogP contribution in [0.3, 0.4) is 0 Å². The Balaban J connectivity index is 2.78. The van der Waals surface area contributed by atoms with Crippen LogP contribution in [-0.2, 0) is 14.8 Å². The topological polar surface area (TPSA) is 74.7 Å². The maximum Gasteiger partial charge on any atom is 0.307 e. The standard InChI is InChI=1S/C11H21NO4S/c1-3-4-8-12(2)17(15,16)10-7-5-6-9(10)11(13)14/h9-10H,3-8H2,1-2H3,(H,13,14). The van der Waals surface area contributed by atoms with Crippen molar-refractivity contribution >= 4 is 16.0 Å². The summed E-state index contributed by atoms with van der Waals surface area (Å²) in [6, 6.07) is 0. The third kappa shape index (κ3) is 3.19. The highest BCUT2D eigenvalue weighted by atomic mass is 32.2. The lowest BCUT2D eigenvalue weighted by molar-refractivity contribution is -0.141. The first-order chi connectivity index (χ1) is 7.91. The van der Waals surface area contributed by atoms with Crippen LogP contribution in [0.5, 0.6) is 0 Å². The maximum absolute atomic E-state index is 12.2. The van der Waals surface area contributed by atoms with Crippen molar-refractivity contribution in [2.24, 2.45) is 5.92 Å². The molecule has 0 aromatic rings. The van der Waals surface area contributed by atoms with Gasteiger partial charge in [0.05, 0.1) is 11.2 Å². The summed E-state index contributed by atoms with van der Waals surface area (Å²) in [4.78, 5) is 11.0. The molecule has 0 bridgehead atoms. The van der Waals surface area contributed by atoms with Gasteiger partial charge in [-0.2, -0.15) is 0 Å². The number of sulfonamides is 1. The lowest BCUT2D eigenvalue weighted by Crippen LogP contribution is -2.40. The van der Waals surface area contributed by atoms with Crippen LogP contribution in [0.1, 0.15) is 39.0 Å². The predicted octanol–water partition coefficient (Wildman–Crippen LogP) is 1.30. The Morgan fingerprint density at radius 2 is 2.06 bits per heavy atom. The zero-order valence-electron chi connectivity index (χ0n) is 10.4. The number of rotatable bonds is 6.